The Morgan fingerprint density at radius 1 is 0.706 bits per heavy atom. The molecule has 34 heavy (non-hydrogen) atoms. The van der Waals surface area contributed by atoms with E-state index in [2.05, 4.69) is 6.92 Å². The van der Waals surface area contributed by atoms with Crippen LogP contribution in [0.4, 0.5) is 0 Å². The van der Waals surface area contributed by atoms with Gasteiger partial charge in [-0.3, -0.25) is 4.79 Å². The molecule has 2 aliphatic heterocycles. The minimum Gasteiger partial charge on any atom is -0.394 e. The third-order valence-corrected chi connectivity index (χ3v) is 6.59. The Balaban J connectivity index is 1.88. The molecule has 2 heterocycles. The summed E-state index contributed by atoms with van der Waals surface area (Å²) in [6.07, 6.45) is -6.75. The van der Waals surface area contributed by atoms with E-state index in [-0.39, 0.29) is 12.2 Å². The predicted molar refractivity (Wildman–Crippen MR) is 119 cm³/mol. The molecule has 0 aliphatic carbocycles. The summed E-state index contributed by atoms with van der Waals surface area (Å²) in [6, 6.07) is 0. The van der Waals surface area contributed by atoms with Crippen molar-refractivity contribution in [2.24, 2.45) is 0 Å². The Morgan fingerprint density at radius 2 is 1.29 bits per heavy atom. The van der Waals surface area contributed by atoms with Gasteiger partial charge in [-0.1, -0.05) is 45.4 Å². The second-order valence-corrected chi connectivity index (χ2v) is 9.29. The molecule has 0 amide bonds. The zero-order chi connectivity index (χ0) is 25.3. The van der Waals surface area contributed by atoms with Gasteiger partial charge in [-0.05, 0) is 6.42 Å². The summed E-state index contributed by atoms with van der Waals surface area (Å²) in [5.74, 6) is -0.116. The Kier molecular flexibility index (Phi) is 12.8. The Morgan fingerprint density at radius 3 is 1.91 bits per heavy atom. The van der Waals surface area contributed by atoms with Crippen molar-refractivity contribution in [3.8, 4) is 0 Å². The minimum absolute atomic E-state index is 0.116. The van der Waals surface area contributed by atoms with Crippen LogP contribution in [0, 0.1) is 0 Å². The van der Waals surface area contributed by atoms with Crippen molar-refractivity contribution >= 4 is 5.78 Å². The molecule has 10 atom stereocenters. The van der Waals surface area contributed by atoms with Gasteiger partial charge in [0.15, 0.2) is 6.29 Å². The number of aliphatic hydroxyl groups is 7. The number of unbranched alkanes of at least 4 members (excludes halogenated alkanes) is 6. The van der Waals surface area contributed by atoms with E-state index in [0.717, 1.165) is 25.7 Å². The van der Waals surface area contributed by atoms with Gasteiger partial charge in [0.25, 0.3) is 0 Å². The van der Waals surface area contributed by atoms with E-state index in [1.165, 1.54) is 19.3 Å². The Hall–Kier alpha value is -0.730. The van der Waals surface area contributed by atoms with Gasteiger partial charge in [-0.2, -0.15) is 0 Å². The maximum atomic E-state index is 12.4. The lowest BCUT2D eigenvalue weighted by Crippen LogP contribution is -2.64. The molecule has 200 valence electrons. The van der Waals surface area contributed by atoms with Gasteiger partial charge in [0.05, 0.1) is 19.3 Å². The van der Waals surface area contributed by atoms with Crippen LogP contribution in [0.25, 0.3) is 0 Å². The number of carbonyl (C=O) groups excluding carboxylic acids is 1. The highest BCUT2D eigenvalue weighted by Gasteiger charge is 2.50. The Labute approximate surface area is 200 Å². The van der Waals surface area contributed by atoms with E-state index in [1.54, 1.807) is 0 Å². The average Bonchev–Trinajstić information content (AvgIpc) is 2.83. The molecule has 0 radical (unpaired) electrons. The number of hydrogen-bond donors (Lipinski definition) is 7. The van der Waals surface area contributed by atoms with Gasteiger partial charge in [-0.25, -0.2) is 0 Å². The van der Waals surface area contributed by atoms with Crippen molar-refractivity contribution in [2.75, 3.05) is 13.2 Å². The van der Waals surface area contributed by atoms with Crippen LogP contribution < -0.4 is 0 Å². The van der Waals surface area contributed by atoms with Crippen LogP contribution in [0.1, 0.15) is 64.7 Å². The summed E-state index contributed by atoms with van der Waals surface area (Å²) in [6.45, 7) is 0.875. The molecule has 0 spiro atoms. The highest BCUT2D eigenvalue weighted by molar-refractivity contribution is 5.78. The van der Waals surface area contributed by atoms with Gasteiger partial charge in [0, 0.05) is 12.8 Å². The second-order valence-electron chi connectivity index (χ2n) is 9.29. The number of Topliss-reactive ketones (excluding diaryl/α,β-unsaturated/α-hetero) is 1. The molecular formula is C23H42O11. The highest BCUT2D eigenvalue weighted by atomic mass is 16.7. The van der Waals surface area contributed by atoms with Gasteiger partial charge >= 0.3 is 0 Å². The van der Waals surface area contributed by atoms with Crippen molar-refractivity contribution in [3.63, 3.8) is 0 Å². The zero-order valence-corrected chi connectivity index (χ0v) is 19.8. The lowest BCUT2D eigenvalue weighted by molar-refractivity contribution is -0.341. The fourth-order valence-corrected chi connectivity index (χ4v) is 4.44. The molecule has 2 fully saturated rings. The summed E-state index contributed by atoms with van der Waals surface area (Å²) in [5, 5.41) is 70.2. The van der Waals surface area contributed by atoms with Crippen LogP contribution in [0.2, 0.25) is 0 Å². The molecule has 11 nitrogen and oxygen atoms in total. The van der Waals surface area contributed by atoms with Gasteiger partial charge in [-0.15, -0.1) is 0 Å². The van der Waals surface area contributed by atoms with E-state index in [4.69, 9.17) is 14.2 Å². The van der Waals surface area contributed by atoms with Crippen molar-refractivity contribution in [1.82, 2.24) is 0 Å². The predicted octanol–water partition coefficient (Wildman–Crippen LogP) is -1.25. The standard InChI is InChI=1S/C23H42O11/c1-2-3-4-5-6-7-8-9-13(26)10-14-17(27)20(30)22(16(12-25)32-14)34-23-21(31)19(29)18(28)15(11-24)33-23/h14-25,27-31H,2-12H2,1H3/t14-,15+,16+,17-,18+,19-,20+,21+,22+,23+/m0/s1. The van der Waals surface area contributed by atoms with Gasteiger partial charge in [0.1, 0.15) is 54.6 Å². The van der Waals surface area contributed by atoms with Crippen molar-refractivity contribution < 1.29 is 54.8 Å². The largest absolute Gasteiger partial charge is 0.394 e. The number of ketones is 1. The molecule has 2 rings (SSSR count). The van der Waals surface area contributed by atoms with E-state index in [1.807, 2.05) is 0 Å². The first kappa shape index (κ1) is 29.5. The molecular weight excluding hydrogens is 452 g/mol. The van der Waals surface area contributed by atoms with Crippen LogP contribution in [-0.2, 0) is 19.0 Å². The quantitative estimate of drug-likeness (QED) is 0.143. The number of hydrogen-bond acceptors (Lipinski definition) is 11. The van der Waals surface area contributed by atoms with Crippen LogP contribution in [0.5, 0.6) is 0 Å². The summed E-state index contributed by atoms with van der Waals surface area (Å²) in [5.41, 5.74) is 0. The lowest BCUT2D eigenvalue weighted by atomic mass is 9.91. The fourth-order valence-electron chi connectivity index (χ4n) is 4.44. The molecule has 2 aliphatic rings. The summed E-state index contributed by atoms with van der Waals surface area (Å²) in [7, 11) is 0. The van der Waals surface area contributed by atoms with Crippen molar-refractivity contribution in [3.05, 3.63) is 0 Å². The molecule has 0 aromatic heterocycles. The third-order valence-electron chi connectivity index (χ3n) is 6.59. The Bertz CT molecular complexity index is 587. The molecule has 0 saturated carbocycles. The molecule has 2 saturated heterocycles. The number of ether oxygens (including phenoxy) is 3. The smallest absolute Gasteiger partial charge is 0.187 e. The topological polar surface area (TPSA) is 186 Å². The number of aliphatic hydroxyl groups excluding tert-OH is 7. The molecule has 0 aromatic carbocycles. The van der Waals surface area contributed by atoms with E-state index < -0.39 is 74.4 Å². The molecule has 0 aromatic rings. The molecule has 7 N–H and O–H groups in total. The lowest BCUT2D eigenvalue weighted by Gasteiger charge is -2.46. The van der Waals surface area contributed by atoms with E-state index in [0.29, 0.717) is 6.42 Å². The number of carbonyl (C=O) groups is 1. The first-order valence-corrected chi connectivity index (χ1v) is 12.3. The van der Waals surface area contributed by atoms with Crippen molar-refractivity contribution in [1.29, 1.82) is 0 Å². The molecule has 0 bridgehead atoms. The van der Waals surface area contributed by atoms with Gasteiger partial charge in [0.2, 0.25) is 0 Å². The van der Waals surface area contributed by atoms with Crippen LogP contribution >= 0.6 is 0 Å². The average molecular weight is 495 g/mol. The summed E-state index contributed by atoms with van der Waals surface area (Å²) in [4.78, 5) is 12.4. The number of rotatable bonds is 14. The van der Waals surface area contributed by atoms with Crippen molar-refractivity contribution in [2.45, 2.75) is 126 Å². The molecule has 11 heteroatoms. The minimum atomic E-state index is -1.72. The van der Waals surface area contributed by atoms with Crippen LogP contribution in [0.3, 0.4) is 0 Å². The normalized spacial score (nSPS) is 38.7. The maximum absolute atomic E-state index is 12.4. The molecule has 0 unspecified atom stereocenters. The van der Waals surface area contributed by atoms with E-state index in [9.17, 15) is 40.5 Å². The zero-order valence-electron chi connectivity index (χ0n) is 19.8. The maximum Gasteiger partial charge on any atom is 0.187 e. The van der Waals surface area contributed by atoms with E-state index >= 15 is 0 Å². The van der Waals surface area contributed by atoms with Gasteiger partial charge < -0.3 is 50.0 Å². The second kappa shape index (κ2) is 14.7. The summed E-state index contributed by atoms with van der Waals surface area (Å²) >= 11 is 0. The highest BCUT2D eigenvalue weighted by Crippen LogP contribution is 2.30. The summed E-state index contributed by atoms with van der Waals surface area (Å²) < 4.78 is 16.4. The third kappa shape index (κ3) is 7.89. The van der Waals surface area contributed by atoms with Crippen LogP contribution in [0.15, 0.2) is 0 Å². The first-order chi connectivity index (χ1) is 16.2. The fraction of sp³-hybridized carbons (Fsp3) is 0.957. The first-order valence-electron chi connectivity index (χ1n) is 12.3. The van der Waals surface area contributed by atoms with Crippen LogP contribution in [-0.4, -0.2) is 116 Å². The monoisotopic (exact) mass is 494 g/mol. The SMILES string of the molecule is CCCCCCCCCC(=O)C[C@@H]1O[C@H](CO)[C@@H](O[C@H]2O[C@H](CO)[C@@H](O)[C@H](O)[C@H]2O)[C@H](O)[C@H]1O.